The number of alkyl carbamates (subject to hydrolysis) is 1. The Kier molecular flexibility index (Phi) is 12.3. The van der Waals surface area contributed by atoms with Gasteiger partial charge in [0.25, 0.3) is 0 Å². The summed E-state index contributed by atoms with van der Waals surface area (Å²) in [6.45, 7) is 2.83. The summed E-state index contributed by atoms with van der Waals surface area (Å²) in [6.07, 6.45) is -0.602. The second-order valence-corrected chi connectivity index (χ2v) is 13.2. The molecule has 4 aromatic carbocycles. The summed E-state index contributed by atoms with van der Waals surface area (Å²) < 4.78 is 33.6. The molecule has 0 bridgehead atoms. The van der Waals surface area contributed by atoms with E-state index in [-0.39, 0.29) is 17.9 Å². The fraction of sp³-hybridized carbons (Fsp3) is 0.278. The van der Waals surface area contributed by atoms with Gasteiger partial charge >= 0.3 is 6.09 Å². The van der Waals surface area contributed by atoms with Crippen LogP contribution in [0.4, 0.5) is 10.5 Å². The van der Waals surface area contributed by atoms with Crippen molar-refractivity contribution in [2.75, 3.05) is 19.0 Å². The van der Waals surface area contributed by atoms with Crippen LogP contribution in [0.3, 0.4) is 0 Å². The Labute approximate surface area is 276 Å². The van der Waals surface area contributed by atoms with E-state index >= 15 is 0 Å². The fourth-order valence-electron chi connectivity index (χ4n) is 5.67. The monoisotopic (exact) mass is 659 g/mol. The van der Waals surface area contributed by atoms with E-state index in [9.17, 15) is 28.2 Å². The van der Waals surface area contributed by atoms with E-state index < -0.39 is 52.7 Å². The maximum Gasteiger partial charge on any atom is 0.407 e. The molecule has 4 aromatic rings. The van der Waals surface area contributed by atoms with Gasteiger partial charge in [0.1, 0.15) is 6.04 Å². The number of methoxy groups -OCH3 is 1. The van der Waals surface area contributed by atoms with Crippen LogP contribution in [0.2, 0.25) is 0 Å². The largest absolute Gasteiger partial charge is 0.453 e. The number of carbonyl (C=O) groups excluding carboxylic acids is 2. The zero-order chi connectivity index (χ0) is 34.0. The summed E-state index contributed by atoms with van der Waals surface area (Å²) in [4.78, 5) is 26.5. The van der Waals surface area contributed by atoms with Crippen molar-refractivity contribution in [1.82, 2.24) is 9.62 Å². The maximum absolute atomic E-state index is 13.9. The van der Waals surface area contributed by atoms with Crippen molar-refractivity contribution in [3.63, 3.8) is 0 Å². The molecule has 0 aliphatic carbocycles. The quantitative estimate of drug-likeness (QED) is 0.154. The molecule has 2 unspecified atom stereocenters. The first-order valence-electron chi connectivity index (χ1n) is 15.3. The van der Waals surface area contributed by atoms with Gasteiger partial charge in [0.05, 0.1) is 31.3 Å². The van der Waals surface area contributed by atoms with Crippen molar-refractivity contribution in [1.29, 1.82) is 0 Å². The second-order valence-electron chi connectivity index (χ2n) is 11.4. The second kappa shape index (κ2) is 16.3. The highest BCUT2D eigenvalue weighted by Gasteiger charge is 2.35. The van der Waals surface area contributed by atoms with Gasteiger partial charge in [-0.15, -0.1) is 0 Å². The first-order chi connectivity index (χ1) is 22.6. The number of hydrogen-bond acceptors (Lipinski definition) is 7. The summed E-state index contributed by atoms with van der Waals surface area (Å²) in [6, 6.07) is 29.4. The highest BCUT2D eigenvalue weighted by molar-refractivity contribution is 7.89. The molecule has 4 rings (SSSR count). The van der Waals surface area contributed by atoms with E-state index in [1.165, 1.54) is 23.5 Å². The van der Waals surface area contributed by atoms with Gasteiger partial charge in [0.2, 0.25) is 15.9 Å². The molecular formula is C36H41N3O7S. The number of benzene rings is 4. The third-order valence-corrected chi connectivity index (χ3v) is 9.96. The smallest absolute Gasteiger partial charge is 0.407 e. The molecule has 47 heavy (non-hydrogen) atoms. The minimum atomic E-state index is -4.00. The predicted molar refractivity (Wildman–Crippen MR) is 180 cm³/mol. The number of carbonyl (C=O) groups is 2. The maximum atomic E-state index is 13.9. The minimum Gasteiger partial charge on any atom is -0.453 e. The van der Waals surface area contributed by atoms with Crippen molar-refractivity contribution in [2.24, 2.45) is 0 Å². The Morgan fingerprint density at radius 1 is 0.809 bits per heavy atom. The number of aliphatic hydroxyl groups excluding tert-OH is 2. The van der Waals surface area contributed by atoms with E-state index in [1.807, 2.05) is 60.7 Å². The molecule has 0 aromatic heterocycles. The topological polar surface area (TPSA) is 145 Å². The van der Waals surface area contributed by atoms with Gasteiger partial charge in [-0.05, 0) is 66.8 Å². The number of anilines is 1. The SMILES string of the molecule is COC(=O)NC(C(=O)Nc1cccc(CC(CO)N(C(C)C)S(=O)(=O)c2ccc(CO)cc2)c1)C(c1ccccc1)c1ccccc1. The van der Waals surface area contributed by atoms with Gasteiger partial charge in [0, 0.05) is 17.6 Å². The molecule has 0 radical (unpaired) electrons. The van der Waals surface area contributed by atoms with Crippen LogP contribution in [0.5, 0.6) is 0 Å². The van der Waals surface area contributed by atoms with Gasteiger partial charge in [0.15, 0.2) is 0 Å². The molecule has 0 aliphatic rings. The molecule has 0 saturated carbocycles. The molecule has 0 aliphatic heterocycles. The Hall–Kier alpha value is -4.55. The molecule has 2 amide bonds. The zero-order valence-electron chi connectivity index (χ0n) is 26.6. The van der Waals surface area contributed by atoms with Gasteiger partial charge in [-0.2, -0.15) is 4.31 Å². The van der Waals surface area contributed by atoms with Gasteiger partial charge in [-0.25, -0.2) is 13.2 Å². The molecule has 248 valence electrons. The highest BCUT2D eigenvalue weighted by Crippen LogP contribution is 2.30. The van der Waals surface area contributed by atoms with E-state index in [2.05, 4.69) is 10.6 Å². The van der Waals surface area contributed by atoms with Crippen molar-refractivity contribution < 1.29 is 33.0 Å². The molecule has 4 N–H and O–H groups in total. The Balaban J connectivity index is 1.62. The van der Waals surface area contributed by atoms with Gasteiger partial charge in [-0.1, -0.05) is 84.9 Å². The standard InChI is InChI=1S/C36H41N3O7S/c1-25(2)39(47(44,45)32-19-17-26(23-40)18-20-32)31(24-41)22-27-11-10-16-30(21-27)37-35(42)34(38-36(43)46-3)33(28-12-6-4-7-13-28)29-14-8-5-9-15-29/h4-21,25,31,33-34,40-41H,22-24H2,1-3H3,(H,37,42)(H,38,43). The number of ether oxygens (including phenoxy) is 1. The van der Waals surface area contributed by atoms with Crippen LogP contribution in [0.1, 0.15) is 42.0 Å². The lowest BCUT2D eigenvalue weighted by atomic mass is 9.84. The first-order valence-corrected chi connectivity index (χ1v) is 16.7. The zero-order valence-corrected chi connectivity index (χ0v) is 27.4. The average molecular weight is 660 g/mol. The highest BCUT2D eigenvalue weighted by atomic mass is 32.2. The molecule has 0 fully saturated rings. The number of amides is 2. The summed E-state index contributed by atoms with van der Waals surface area (Å²) in [5.41, 5.74) is 3.32. The van der Waals surface area contributed by atoms with E-state index in [0.717, 1.165) is 11.1 Å². The van der Waals surface area contributed by atoms with Crippen molar-refractivity contribution >= 4 is 27.7 Å². The summed E-state index contributed by atoms with van der Waals surface area (Å²) in [5, 5.41) is 25.4. The van der Waals surface area contributed by atoms with Crippen molar-refractivity contribution in [3.05, 3.63) is 131 Å². The van der Waals surface area contributed by atoms with Crippen LogP contribution >= 0.6 is 0 Å². The van der Waals surface area contributed by atoms with Crippen LogP contribution in [0.15, 0.2) is 114 Å². The average Bonchev–Trinajstić information content (AvgIpc) is 3.08. The Morgan fingerprint density at radius 3 is 1.91 bits per heavy atom. The third kappa shape index (κ3) is 8.83. The van der Waals surface area contributed by atoms with Crippen LogP contribution in [0, 0.1) is 0 Å². The molecule has 2 atom stereocenters. The molecule has 0 saturated heterocycles. The number of aliphatic hydroxyl groups is 2. The van der Waals surface area contributed by atoms with Crippen molar-refractivity contribution in [2.45, 2.75) is 55.8 Å². The number of nitrogens with zero attached hydrogens (tertiary/aromatic N) is 1. The van der Waals surface area contributed by atoms with Crippen LogP contribution < -0.4 is 10.6 Å². The van der Waals surface area contributed by atoms with Crippen LogP contribution in [-0.4, -0.2) is 66.8 Å². The lowest BCUT2D eigenvalue weighted by Gasteiger charge is -2.33. The number of rotatable bonds is 14. The van der Waals surface area contributed by atoms with E-state index in [0.29, 0.717) is 16.8 Å². The van der Waals surface area contributed by atoms with E-state index in [4.69, 9.17) is 4.74 Å². The Morgan fingerprint density at radius 2 is 1.40 bits per heavy atom. The molecule has 10 nitrogen and oxygen atoms in total. The lowest BCUT2D eigenvalue weighted by Crippen LogP contribution is -2.48. The normalized spacial score (nSPS) is 12.9. The summed E-state index contributed by atoms with van der Waals surface area (Å²) in [7, 11) is -2.77. The van der Waals surface area contributed by atoms with E-state index in [1.54, 1.807) is 50.2 Å². The van der Waals surface area contributed by atoms with Crippen LogP contribution in [0.25, 0.3) is 0 Å². The van der Waals surface area contributed by atoms with Gasteiger partial charge < -0.3 is 25.6 Å². The predicted octanol–water partition coefficient (Wildman–Crippen LogP) is 4.68. The third-order valence-electron chi connectivity index (χ3n) is 7.82. The van der Waals surface area contributed by atoms with Crippen molar-refractivity contribution in [3.8, 4) is 0 Å². The number of nitrogens with one attached hydrogen (secondary N) is 2. The Bertz CT molecular complexity index is 1680. The molecule has 0 spiro atoms. The first kappa shape index (κ1) is 35.3. The fourth-order valence-corrected chi connectivity index (χ4v) is 7.48. The minimum absolute atomic E-state index is 0.0541. The summed E-state index contributed by atoms with van der Waals surface area (Å²) >= 11 is 0. The number of sulfonamides is 1. The number of hydrogen-bond donors (Lipinski definition) is 4. The lowest BCUT2D eigenvalue weighted by molar-refractivity contribution is -0.118. The van der Waals surface area contributed by atoms with Gasteiger partial charge in [-0.3, -0.25) is 4.79 Å². The molecule has 0 heterocycles. The summed E-state index contributed by atoms with van der Waals surface area (Å²) in [5.74, 6) is -1.03. The molecule has 11 heteroatoms. The molecular weight excluding hydrogens is 618 g/mol. The van der Waals surface area contributed by atoms with Crippen LogP contribution in [-0.2, 0) is 32.6 Å².